The van der Waals surface area contributed by atoms with Gasteiger partial charge >= 0.3 is 0 Å². The third kappa shape index (κ3) is 3.18. The molecule has 0 heterocycles. The molecule has 0 amide bonds. The van der Waals surface area contributed by atoms with Crippen molar-refractivity contribution in [3.05, 3.63) is 0 Å². The van der Waals surface area contributed by atoms with Crippen molar-refractivity contribution in [3.63, 3.8) is 0 Å². The Morgan fingerprint density at radius 1 is 1.33 bits per heavy atom. The molecule has 1 aliphatic carbocycles. The van der Waals surface area contributed by atoms with E-state index in [1.165, 1.54) is 38.5 Å². The van der Waals surface area contributed by atoms with Crippen LogP contribution in [0.4, 0.5) is 0 Å². The molecule has 0 saturated heterocycles. The van der Waals surface area contributed by atoms with E-state index in [1.807, 2.05) is 0 Å². The summed E-state index contributed by atoms with van der Waals surface area (Å²) in [5, 5.41) is 3.50. The Bertz CT molecular complexity index is 164. The van der Waals surface area contributed by atoms with Crippen LogP contribution in [0.15, 0.2) is 0 Å². The van der Waals surface area contributed by atoms with Crippen LogP contribution >= 0.6 is 0 Å². The molecular formula is C13H28N2. The lowest BCUT2D eigenvalue weighted by atomic mass is 9.88. The quantitative estimate of drug-likeness (QED) is 0.698. The first kappa shape index (κ1) is 13.0. The van der Waals surface area contributed by atoms with Gasteiger partial charge in [0, 0.05) is 18.1 Å². The minimum atomic E-state index is 0.672. The Hall–Kier alpha value is -0.0800. The predicted octanol–water partition coefficient (Wildman–Crippen LogP) is 2.64. The first-order valence-corrected chi connectivity index (χ1v) is 6.63. The van der Waals surface area contributed by atoms with Gasteiger partial charge in [-0.2, -0.15) is 0 Å². The Labute approximate surface area is 95.4 Å². The lowest BCUT2D eigenvalue weighted by Gasteiger charge is -2.43. The van der Waals surface area contributed by atoms with E-state index in [0.717, 1.165) is 12.1 Å². The van der Waals surface area contributed by atoms with Gasteiger partial charge in [0.1, 0.15) is 0 Å². The first-order valence-electron chi connectivity index (χ1n) is 6.63. The molecule has 2 nitrogen and oxygen atoms in total. The second-order valence-electron chi connectivity index (χ2n) is 4.91. The van der Waals surface area contributed by atoms with Crippen LogP contribution < -0.4 is 5.32 Å². The van der Waals surface area contributed by atoms with Gasteiger partial charge in [-0.15, -0.1) is 0 Å². The molecule has 1 aliphatic rings. The molecule has 1 rings (SSSR count). The summed E-state index contributed by atoms with van der Waals surface area (Å²) in [5.74, 6) is 0. The number of likely N-dealkylation sites (N-methyl/N-ethyl adjacent to an activating group) is 2. The highest BCUT2D eigenvalue weighted by molar-refractivity contribution is 4.88. The van der Waals surface area contributed by atoms with Crippen molar-refractivity contribution in [2.75, 3.05) is 14.1 Å². The van der Waals surface area contributed by atoms with Gasteiger partial charge in [-0.05, 0) is 39.8 Å². The molecule has 15 heavy (non-hydrogen) atoms. The Balaban J connectivity index is 2.50. The summed E-state index contributed by atoms with van der Waals surface area (Å²) in [6, 6.07) is 2.26. The van der Waals surface area contributed by atoms with E-state index < -0.39 is 0 Å². The number of rotatable bonds is 7. The van der Waals surface area contributed by atoms with E-state index in [9.17, 15) is 0 Å². The third-order valence-electron chi connectivity index (χ3n) is 4.03. The minimum absolute atomic E-state index is 0.672. The van der Waals surface area contributed by atoms with Crippen LogP contribution in [-0.2, 0) is 0 Å². The fourth-order valence-electron chi connectivity index (χ4n) is 2.76. The SMILES string of the molecule is CCCC(NC)C(CC)N(C)C1CCC1. The molecule has 0 bridgehead atoms. The average molecular weight is 212 g/mol. The topological polar surface area (TPSA) is 15.3 Å². The van der Waals surface area contributed by atoms with E-state index in [2.05, 4.69) is 38.2 Å². The molecular weight excluding hydrogens is 184 g/mol. The average Bonchev–Trinajstić information content (AvgIpc) is 2.15. The van der Waals surface area contributed by atoms with Gasteiger partial charge in [-0.1, -0.05) is 26.7 Å². The molecule has 1 fully saturated rings. The van der Waals surface area contributed by atoms with Crippen LogP contribution in [0.5, 0.6) is 0 Å². The number of hydrogen-bond donors (Lipinski definition) is 1. The predicted molar refractivity (Wildman–Crippen MR) is 67.2 cm³/mol. The fourth-order valence-corrected chi connectivity index (χ4v) is 2.76. The highest BCUT2D eigenvalue weighted by Crippen LogP contribution is 2.27. The van der Waals surface area contributed by atoms with Crippen LogP contribution in [0.1, 0.15) is 52.4 Å². The van der Waals surface area contributed by atoms with Gasteiger partial charge in [-0.25, -0.2) is 0 Å². The minimum Gasteiger partial charge on any atom is -0.315 e. The fraction of sp³-hybridized carbons (Fsp3) is 1.00. The smallest absolute Gasteiger partial charge is 0.0246 e. The summed E-state index contributed by atoms with van der Waals surface area (Å²) in [6.07, 6.45) is 8.10. The van der Waals surface area contributed by atoms with Crippen molar-refractivity contribution in [3.8, 4) is 0 Å². The van der Waals surface area contributed by atoms with Gasteiger partial charge in [0.25, 0.3) is 0 Å². The Kier molecular flexibility index (Phi) is 5.62. The van der Waals surface area contributed by atoms with Gasteiger partial charge in [0.05, 0.1) is 0 Å². The molecule has 1 N–H and O–H groups in total. The lowest BCUT2D eigenvalue weighted by Crippen LogP contribution is -2.52. The number of hydrogen-bond acceptors (Lipinski definition) is 2. The van der Waals surface area contributed by atoms with Crippen molar-refractivity contribution < 1.29 is 0 Å². The third-order valence-corrected chi connectivity index (χ3v) is 4.03. The zero-order chi connectivity index (χ0) is 11.3. The monoisotopic (exact) mass is 212 g/mol. The molecule has 0 spiro atoms. The molecule has 0 radical (unpaired) electrons. The van der Waals surface area contributed by atoms with Crippen LogP contribution in [0.2, 0.25) is 0 Å². The van der Waals surface area contributed by atoms with Gasteiger partial charge in [-0.3, -0.25) is 4.90 Å². The van der Waals surface area contributed by atoms with Crippen molar-refractivity contribution >= 4 is 0 Å². The second-order valence-corrected chi connectivity index (χ2v) is 4.91. The first-order chi connectivity index (χ1) is 7.24. The van der Waals surface area contributed by atoms with Crippen molar-refractivity contribution in [1.82, 2.24) is 10.2 Å². The summed E-state index contributed by atoms with van der Waals surface area (Å²) in [7, 11) is 4.43. The van der Waals surface area contributed by atoms with E-state index in [4.69, 9.17) is 0 Å². The Morgan fingerprint density at radius 2 is 2.00 bits per heavy atom. The molecule has 90 valence electrons. The molecule has 2 unspecified atom stereocenters. The summed E-state index contributed by atoms with van der Waals surface area (Å²) in [4.78, 5) is 2.63. The molecule has 2 heteroatoms. The van der Waals surface area contributed by atoms with E-state index in [-0.39, 0.29) is 0 Å². The zero-order valence-electron chi connectivity index (χ0n) is 10.9. The highest BCUT2D eigenvalue weighted by atomic mass is 15.2. The molecule has 0 aliphatic heterocycles. The van der Waals surface area contributed by atoms with E-state index in [1.54, 1.807) is 0 Å². The highest BCUT2D eigenvalue weighted by Gasteiger charge is 2.30. The normalized spacial score (nSPS) is 21.4. The van der Waals surface area contributed by atoms with Crippen molar-refractivity contribution in [1.29, 1.82) is 0 Å². The van der Waals surface area contributed by atoms with Crippen LogP contribution in [0.3, 0.4) is 0 Å². The maximum Gasteiger partial charge on any atom is 0.0246 e. The van der Waals surface area contributed by atoms with Gasteiger partial charge in [0.2, 0.25) is 0 Å². The van der Waals surface area contributed by atoms with Gasteiger partial charge < -0.3 is 5.32 Å². The summed E-state index contributed by atoms with van der Waals surface area (Å²) in [6.45, 7) is 4.60. The van der Waals surface area contributed by atoms with Crippen LogP contribution in [0.25, 0.3) is 0 Å². The van der Waals surface area contributed by atoms with E-state index >= 15 is 0 Å². The van der Waals surface area contributed by atoms with Crippen LogP contribution in [0, 0.1) is 0 Å². The maximum absolute atomic E-state index is 3.50. The summed E-state index contributed by atoms with van der Waals surface area (Å²) < 4.78 is 0. The van der Waals surface area contributed by atoms with Crippen molar-refractivity contribution in [2.45, 2.75) is 70.5 Å². The summed E-state index contributed by atoms with van der Waals surface area (Å²) in [5.41, 5.74) is 0. The molecule has 0 aromatic heterocycles. The molecule has 0 aromatic rings. The van der Waals surface area contributed by atoms with E-state index in [0.29, 0.717) is 6.04 Å². The van der Waals surface area contributed by atoms with Crippen LogP contribution in [-0.4, -0.2) is 37.1 Å². The molecule has 1 saturated carbocycles. The lowest BCUT2D eigenvalue weighted by molar-refractivity contribution is 0.0836. The maximum atomic E-state index is 3.50. The molecule has 2 atom stereocenters. The second kappa shape index (κ2) is 6.49. The number of nitrogens with one attached hydrogen (secondary N) is 1. The standard InChI is InChI=1S/C13H28N2/c1-5-8-12(14-3)13(6-2)15(4)11-9-7-10-11/h11-14H,5-10H2,1-4H3. The molecule has 0 aromatic carbocycles. The Morgan fingerprint density at radius 3 is 2.33 bits per heavy atom. The zero-order valence-corrected chi connectivity index (χ0v) is 10.9. The van der Waals surface area contributed by atoms with Crippen molar-refractivity contribution in [2.24, 2.45) is 0 Å². The largest absolute Gasteiger partial charge is 0.315 e. The summed E-state index contributed by atoms with van der Waals surface area (Å²) >= 11 is 0. The van der Waals surface area contributed by atoms with Gasteiger partial charge in [0.15, 0.2) is 0 Å². The number of nitrogens with zero attached hydrogens (tertiary/aromatic N) is 1.